The van der Waals surface area contributed by atoms with Gasteiger partial charge in [-0.25, -0.2) is 4.39 Å². The molecule has 0 radical (unpaired) electrons. The number of carbonyl (C=O) groups is 2. The van der Waals surface area contributed by atoms with E-state index in [-0.39, 0.29) is 30.2 Å². The summed E-state index contributed by atoms with van der Waals surface area (Å²) in [5, 5.41) is 5.62. The highest BCUT2D eigenvalue weighted by Gasteiger charge is 2.29. The van der Waals surface area contributed by atoms with Crippen LogP contribution in [-0.2, 0) is 11.8 Å². The van der Waals surface area contributed by atoms with E-state index in [1.54, 1.807) is 24.3 Å². The molecule has 1 aromatic heterocycles. The molecule has 0 aliphatic carbocycles. The second kappa shape index (κ2) is 9.14. The van der Waals surface area contributed by atoms with E-state index < -0.39 is 0 Å². The van der Waals surface area contributed by atoms with Crippen LogP contribution >= 0.6 is 0 Å². The molecule has 0 unspecified atom stereocenters. The lowest BCUT2D eigenvalue weighted by atomic mass is 10.1. The van der Waals surface area contributed by atoms with Gasteiger partial charge in [-0.3, -0.25) is 14.5 Å². The lowest BCUT2D eigenvalue weighted by molar-refractivity contribution is -0.117. The third-order valence-corrected chi connectivity index (χ3v) is 5.58. The molecule has 2 N–H and O–H groups in total. The topological polar surface area (TPSA) is 66.4 Å². The number of aromatic nitrogens is 1. The van der Waals surface area contributed by atoms with Crippen molar-refractivity contribution in [1.82, 2.24) is 9.47 Å². The fourth-order valence-corrected chi connectivity index (χ4v) is 4.07. The molecule has 2 heterocycles. The summed E-state index contributed by atoms with van der Waals surface area (Å²) in [6.07, 6.45) is 4.07. The number of hydrogen-bond donors (Lipinski definition) is 2. The predicted octanol–water partition coefficient (Wildman–Crippen LogP) is 4.19. The normalized spacial score (nSPS) is 16.3. The highest BCUT2D eigenvalue weighted by atomic mass is 19.1. The Morgan fingerprint density at radius 2 is 1.81 bits per heavy atom. The highest BCUT2D eigenvalue weighted by molar-refractivity contribution is 6.10. The number of benzene rings is 2. The van der Waals surface area contributed by atoms with E-state index in [4.69, 9.17) is 0 Å². The van der Waals surface area contributed by atoms with Crippen molar-refractivity contribution in [3.8, 4) is 0 Å². The number of halogens is 1. The Morgan fingerprint density at radius 3 is 2.55 bits per heavy atom. The molecule has 7 heteroatoms. The van der Waals surface area contributed by atoms with Crippen molar-refractivity contribution in [2.45, 2.75) is 18.9 Å². The maximum Gasteiger partial charge on any atom is 0.257 e. The quantitative estimate of drug-likeness (QED) is 0.628. The average Bonchev–Trinajstić information content (AvgIpc) is 3.38. The first-order valence-corrected chi connectivity index (χ1v) is 10.3. The van der Waals surface area contributed by atoms with Gasteiger partial charge in [-0.05, 0) is 67.9 Å². The molecule has 0 bridgehead atoms. The molecule has 31 heavy (non-hydrogen) atoms. The van der Waals surface area contributed by atoms with Crippen LogP contribution < -0.4 is 10.6 Å². The Hall–Kier alpha value is -3.45. The zero-order valence-corrected chi connectivity index (χ0v) is 17.3. The van der Waals surface area contributed by atoms with Crippen molar-refractivity contribution in [2.24, 2.45) is 7.05 Å². The van der Waals surface area contributed by atoms with Crippen molar-refractivity contribution >= 4 is 23.2 Å². The minimum absolute atomic E-state index is 0.164. The fourth-order valence-electron chi connectivity index (χ4n) is 4.07. The molecule has 6 nitrogen and oxygen atoms in total. The summed E-state index contributed by atoms with van der Waals surface area (Å²) in [5.74, 6) is -0.908. The van der Waals surface area contributed by atoms with E-state index in [9.17, 15) is 14.0 Å². The second-order valence-corrected chi connectivity index (χ2v) is 7.73. The molecule has 1 aliphatic rings. The number of amides is 2. The summed E-state index contributed by atoms with van der Waals surface area (Å²) < 4.78 is 15.2. The van der Waals surface area contributed by atoms with E-state index in [1.807, 2.05) is 19.3 Å². The van der Waals surface area contributed by atoms with E-state index in [0.29, 0.717) is 16.9 Å². The summed E-state index contributed by atoms with van der Waals surface area (Å²) in [6.45, 7) is 1.11. The standard InChI is InChI=1S/C24H25FN4O2/c1-28-14-4-8-21(28)22-9-5-15-29(22)16-23(30)27-20-7-3-2-6-19(20)24(31)26-18-12-10-17(25)11-13-18/h2-4,6-8,10-14,22H,5,9,15-16H2,1H3,(H,26,31)(H,27,30)/t22-/m1/s1. The zero-order chi connectivity index (χ0) is 21.8. The molecule has 2 amide bonds. The van der Waals surface area contributed by atoms with Gasteiger partial charge in [-0.2, -0.15) is 0 Å². The van der Waals surface area contributed by atoms with Crippen molar-refractivity contribution in [2.75, 3.05) is 23.7 Å². The van der Waals surface area contributed by atoms with Gasteiger partial charge in [0, 0.05) is 24.6 Å². The number of nitrogens with zero attached hydrogens (tertiary/aromatic N) is 2. The van der Waals surface area contributed by atoms with Crippen LogP contribution in [0.1, 0.15) is 34.9 Å². The van der Waals surface area contributed by atoms with E-state index in [2.05, 4.69) is 26.2 Å². The highest BCUT2D eigenvalue weighted by Crippen LogP contribution is 2.31. The third kappa shape index (κ3) is 4.83. The van der Waals surface area contributed by atoms with Crippen LogP contribution in [0, 0.1) is 5.82 Å². The lowest BCUT2D eigenvalue weighted by Crippen LogP contribution is -2.34. The molecule has 1 saturated heterocycles. The van der Waals surface area contributed by atoms with E-state index in [0.717, 1.165) is 19.4 Å². The zero-order valence-electron chi connectivity index (χ0n) is 17.3. The maximum atomic E-state index is 13.1. The van der Waals surface area contributed by atoms with Crippen molar-refractivity contribution < 1.29 is 14.0 Å². The van der Waals surface area contributed by atoms with E-state index >= 15 is 0 Å². The maximum absolute atomic E-state index is 13.1. The van der Waals surface area contributed by atoms with Crippen LogP contribution in [0.25, 0.3) is 0 Å². The number of carbonyl (C=O) groups excluding carboxylic acids is 2. The second-order valence-electron chi connectivity index (χ2n) is 7.73. The van der Waals surface area contributed by atoms with Gasteiger partial charge >= 0.3 is 0 Å². The van der Waals surface area contributed by atoms with Gasteiger partial charge in [0.2, 0.25) is 5.91 Å². The predicted molar refractivity (Wildman–Crippen MR) is 118 cm³/mol. The summed E-state index contributed by atoms with van der Waals surface area (Å²) in [4.78, 5) is 27.7. The van der Waals surface area contributed by atoms with Gasteiger partial charge in [0.05, 0.1) is 23.8 Å². The number of nitrogens with one attached hydrogen (secondary N) is 2. The minimum Gasteiger partial charge on any atom is -0.353 e. The summed E-state index contributed by atoms with van der Waals surface area (Å²) in [5.41, 5.74) is 2.47. The Balaban J connectivity index is 1.43. The number of aryl methyl sites for hydroxylation is 1. The number of hydrogen-bond acceptors (Lipinski definition) is 3. The SMILES string of the molecule is Cn1cccc1[C@H]1CCCN1CC(=O)Nc1ccccc1C(=O)Nc1ccc(F)cc1. The van der Waals surface area contributed by atoms with Gasteiger partial charge < -0.3 is 15.2 Å². The summed E-state index contributed by atoms with van der Waals surface area (Å²) >= 11 is 0. The number of likely N-dealkylation sites (tertiary alicyclic amines) is 1. The molecule has 1 aliphatic heterocycles. The molecule has 3 aromatic rings. The van der Waals surface area contributed by atoms with Crippen LogP contribution in [-0.4, -0.2) is 34.4 Å². The summed E-state index contributed by atoms with van der Waals surface area (Å²) in [7, 11) is 2.02. The lowest BCUT2D eigenvalue weighted by Gasteiger charge is -2.24. The third-order valence-electron chi connectivity index (χ3n) is 5.58. The van der Waals surface area contributed by atoms with Gasteiger partial charge in [-0.1, -0.05) is 12.1 Å². The van der Waals surface area contributed by atoms with E-state index in [1.165, 1.54) is 30.0 Å². The summed E-state index contributed by atoms with van der Waals surface area (Å²) in [6, 6.07) is 16.7. The first-order chi connectivity index (χ1) is 15.0. The van der Waals surface area contributed by atoms with Crippen LogP contribution in [0.3, 0.4) is 0 Å². The Bertz CT molecular complexity index is 1080. The fraction of sp³-hybridized carbons (Fsp3) is 0.250. The molecule has 160 valence electrons. The van der Waals surface area contributed by atoms with Crippen LogP contribution in [0.4, 0.5) is 15.8 Å². The molecule has 0 spiro atoms. The first-order valence-electron chi connectivity index (χ1n) is 10.3. The minimum atomic E-state index is -0.374. The Labute approximate surface area is 180 Å². The van der Waals surface area contributed by atoms with Crippen molar-refractivity contribution in [3.63, 3.8) is 0 Å². The van der Waals surface area contributed by atoms with Gasteiger partial charge in [0.15, 0.2) is 0 Å². The molecule has 0 saturated carbocycles. The number of rotatable bonds is 6. The van der Waals surface area contributed by atoms with Crippen LogP contribution in [0.2, 0.25) is 0 Å². The molecular formula is C24H25FN4O2. The Kier molecular flexibility index (Phi) is 6.13. The van der Waals surface area contributed by atoms with Crippen LogP contribution in [0.15, 0.2) is 66.9 Å². The van der Waals surface area contributed by atoms with Crippen molar-refractivity contribution in [3.05, 3.63) is 83.9 Å². The Morgan fingerprint density at radius 1 is 1.03 bits per heavy atom. The van der Waals surface area contributed by atoms with Gasteiger partial charge in [-0.15, -0.1) is 0 Å². The average molecular weight is 420 g/mol. The molecule has 2 aromatic carbocycles. The largest absolute Gasteiger partial charge is 0.353 e. The molecule has 1 atom stereocenters. The first kappa shape index (κ1) is 20.8. The number of anilines is 2. The smallest absolute Gasteiger partial charge is 0.257 e. The molecular weight excluding hydrogens is 395 g/mol. The molecule has 4 rings (SSSR count). The monoisotopic (exact) mass is 420 g/mol. The van der Waals surface area contributed by atoms with Gasteiger partial charge in [0.1, 0.15) is 5.82 Å². The molecule has 1 fully saturated rings. The van der Waals surface area contributed by atoms with Crippen molar-refractivity contribution in [1.29, 1.82) is 0 Å². The van der Waals surface area contributed by atoms with Gasteiger partial charge in [0.25, 0.3) is 5.91 Å². The van der Waals surface area contributed by atoms with Crippen LogP contribution in [0.5, 0.6) is 0 Å². The number of para-hydroxylation sites is 1.